The topological polar surface area (TPSA) is 31.2 Å². The van der Waals surface area contributed by atoms with Crippen molar-refractivity contribution in [1.82, 2.24) is 4.57 Å². The molecular weight excluding hydrogens is 518 g/mol. The van der Waals surface area contributed by atoms with Crippen molar-refractivity contribution in [2.24, 2.45) is 0 Å². The molecule has 10 rings (SSSR count). The number of fused-ring (bicyclic) bond motifs is 5. The first-order valence-corrected chi connectivity index (χ1v) is 14.9. The Morgan fingerprint density at radius 2 is 1.24 bits per heavy atom. The highest BCUT2D eigenvalue weighted by Crippen LogP contribution is 2.58. The Bertz CT molecular complexity index is 2210. The van der Waals surface area contributed by atoms with E-state index >= 15 is 0 Å². The van der Waals surface area contributed by atoms with Gasteiger partial charge in [0.05, 0.1) is 28.9 Å². The third-order valence-electron chi connectivity index (χ3n) is 9.88. The predicted molar refractivity (Wildman–Crippen MR) is 162 cm³/mol. The lowest BCUT2D eigenvalue weighted by Crippen LogP contribution is -2.74. The smallest absolute Gasteiger partial charge is 0.404 e. The van der Waals surface area contributed by atoms with E-state index in [-0.39, 0.29) is 10.8 Å². The van der Waals surface area contributed by atoms with E-state index in [1.54, 1.807) is 0 Å². The number of para-hydroxylation sites is 1. The lowest BCUT2D eigenvalue weighted by atomic mass is 9.81. The molecule has 0 radical (unpaired) electrons. The van der Waals surface area contributed by atoms with Crippen LogP contribution < -0.4 is 18.6 Å². The quantitative estimate of drug-likeness (QED) is 0.181. The number of aromatic nitrogens is 3. The zero-order valence-electron chi connectivity index (χ0n) is 24.7. The fraction of sp³-hybridized carbons (Fsp3) is 0.243. The summed E-state index contributed by atoms with van der Waals surface area (Å²) in [6.45, 7) is 13.6. The third-order valence-corrected chi connectivity index (χ3v) is 9.88. The molecule has 1 spiro atoms. The molecule has 0 saturated carbocycles. The molecule has 0 saturated heterocycles. The van der Waals surface area contributed by atoms with Gasteiger partial charge in [-0.05, 0) is 52.3 Å². The second kappa shape index (κ2) is 6.70. The molecule has 5 heteroatoms. The predicted octanol–water partition coefficient (Wildman–Crippen LogP) is 7.76. The Morgan fingerprint density at radius 3 is 1.88 bits per heavy atom. The van der Waals surface area contributed by atoms with E-state index < -0.39 is 5.66 Å². The van der Waals surface area contributed by atoms with Gasteiger partial charge in [-0.1, -0.05) is 74.9 Å². The largest absolute Gasteiger partial charge is 0.433 e. The minimum atomic E-state index is -0.677. The van der Waals surface area contributed by atoms with Crippen molar-refractivity contribution >= 4 is 21.8 Å². The first-order valence-electron chi connectivity index (χ1n) is 14.9. The molecular formula is C37H31N3O2+2. The number of ether oxygens (including phenoxy) is 2. The molecule has 204 valence electrons. The normalized spacial score (nSPS) is 18.2. The van der Waals surface area contributed by atoms with Crippen molar-refractivity contribution in [3.63, 3.8) is 0 Å². The molecule has 42 heavy (non-hydrogen) atoms. The third kappa shape index (κ3) is 2.35. The average molecular weight is 550 g/mol. The van der Waals surface area contributed by atoms with Crippen molar-refractivity contribution in [1.29, 1.82) is 0 Å². The van der Waals surface area contributed by atoms with Gasteiger partial charge in [-0.3, -0.25) is 0 Å². The van der Waals surface area contributed by atoms with Crippen molar-refractivity contribution in [2.75, 3.05) is 0 Å². The summed E-state index contributed by atoms with van der Waals surface area (Å²) in [6, 6.07) is 28.9. The van der Waals surface area contributed by atoms with Crippen LogP contribution in [0.25, 0.3) is 38.9 Å². The van der Waals surface area contributed by atoms with Crippen LogP contribution in [0.3, 0.4) is 0 Å². The molecule has 3 aromatic carbocycles. The van der Waals surface area contributed by atoms with Gasteiger partial charge in [0.25, 0.3) is 11.4 Å². The molecule has 3 aromatic heterocycles. The van der Waals surface area contributed by atoms with E-state index in [1.165, 1.54) is 38.5 Å². The van der Waals surface area contributed by atoms with Crippen LogP contribution in [0.1, 0.15) is 63.8 Å². The van der Waals surface area contributed by atoms with E-state index in [9.17, 15) is 0 Å². The second-order valence-electron chi connectivity index (χ2n) is 14.3. The summed E-state index contributed by atoms with van der Waals surface area (Å²) in [4.78, 5) is 0. The minimum absolute atomic E-state index is 0.0521. The van der Waals surface area contributed by atoms with Crippen LogP contribution >= 0.6 is 0 Å². The average Bonchev–Trinajstić information content (AvgIpc) is 3.44. The maximum atomic E-state index is 6.96. The molecule has 1 atom stereocenters. The second-order valence-corrected chi connectivity index (χ2v) is 14.3. The maximum absolute atomic E-state index is 6.96. The van der Waals surface area contributed by atoms with Gasteiger partial charge in [-0.25, -0.2) is 0 Å². The number of nitrogens with zero attached hydrogens (tertiary/aromatic N) is 3. The molecule has 0 amide bonds. The van der Waals surface area contributed by atoms with Crippen LogP contribution in [0.15, 0.2) is 78.9 Å². The standard InChI is InChI=1S/C37H31N3O2/c1-35(2,3)20-16-26-27-17-21(36(4,5)6)19-31-40(27)37-32-25(12-9-13-28(32)41-30(18-20)39(26)37)38-24-11-8-7-10-22(24)23-14-15-29(42-31)33(37)34(23)38/h7-19H,1-6H3/q+2. The van der Waals surface area contributed by atoms with Gasteiger partial charge in [0.2, 0.25) is 0 Å². The molecule has 4 aliphatic heterocycles. The Hall–Kier alpha value is -4.64. The van der Waals surface area contributed by atoms with Gasteiger partial charge in [-0.2, -0.15) is 0 Å². The van der Waals surface area contributed by atoms with Crippen LogP contribution in [-0.4, -0.2) is 4.57 Å². The molecule has 0 bridgehead atoms. The van der Waals surface area contributed by atoms with Gasteiger partial charge in [0, 0.05) is 22.9 Å². The fourth-order valence-electron chi connectivity index (χ4n) is 7.95. The van der Waals surface area contributed by atoms with Gasteiger partial charge < -0.3 is 14.0 Å². The van der Waals surface area contributed by atoms with Crippen molar-refractivity contribution in [3.8, 4) is 40.3 Å². The highest BCUT2D eigenvalue weighted by atomic mass is 16.5. The highest BCUT2D eigenvalue weighted by Gasteiger charge is 2.74. The first-order chi connectivity index (χ1) is 20.1. The summed E-state index contributed by atoms with van der Waals surface area (Å²) in [5.74, 6) is 3.52. The lowest BCUT2D eigenvalue weighted by Gasteiger charge is -2.36. The summed E-state index contributed by atoms with van der Waals surface area (Å²) >= 11 is 0. The summed E-state index contributed by atoms with van der Waals surface area (Å²) < 4.78 is 21.2. The van der Waals surface area contributed by atoms with Crippen LogP contribution in [0.5, 0.6) is 23.3 Å². The van der Waals surface area contributed by atoms with Gasteiger partial charge in [0.15, 0.2) is 22.6 Å². The summed E-state index contributed by atoms with van der Waals surface area (Å²) in [6.07, 6.45) is 0. The van der Waals surface area contributed by atoms with E-state index in [1.807, 2.05) is 0 Å². The minimum Gasteiger partial charge on any atom is -0.404 e. The van der Waals surface area contributed by atoms with Crippen LogP contribution in [-0.2, 0) is 16.5 Å². The zero-order valence-corrected chi connectivity index (χ0v) is 24.7. The Balaban J connectivity index is 1.50. The molecule has 0 aliphatic carbocycles. The molecule has 0 fully saturated rings. The summed E-state index contributed by atoms with van der Waals surface area (Å²) in [5, 5.41) is 2.48. The van der Waals surface area contributed by atoms with E-state index in [0.717, 1.165) is 45.9 Å². The Labute approximate surface area is 244 Å². The SMILES string of the molecule is CC(C)(C)c1cc2[n+]3c(c1)-c1cc(C(C)(C)C)cc4[n+]1C31c3c(cccc3-n3c5ccccc5c5ccc(c1c53)O4)O2. The highest BCUT2D eigenvalue weighted by molar-refractivity contribution is 6.12. The number of benzene rings is 3. The van der Waals surface area contributed by atoms with Gasteiger partial charge in [0.1, 0.15) is 0 Å². The van der Waals surface area contributed by atoms with Crippen molar-refractivity contribution in [2.45, 2.75) is 58.0 Å². The molecule has 0 N–H and O–H groups in total. The van der Waals surface area contributed by atoms with E-state index in [0.29, 0.717) is 0 Å². The van der Waals surface area contributed by atoms with Gasteiger partial charge in [-0.15, -0.1) is 0 Å². The first kappa shape index (κ1) is 23.0. The molecule has 5 nitrogen and oxygen atoms in total. The van der Waals surface area contributed by atoms with E-state index in [2.05, 4.69) is 134 Å². The Kier molecular flexibility index (Phi) is 3.67. The molecule has 4 aliphatic rings. The van der Waals surface area contributed by atoms with Crippen LogP contribution in [0, 0.1) is 0 Å². The fourth-order valence-corrected chi connectivity index (χ4v) is 7.95. The lowest BCUT2D eigenvalue weighted by molar-refractivity contribution is -0.943. The summed E-state index contributed by atoms with van der Waals surface area (Å²) in [7, 11) is 0. The number of hydrogen-bond donors (Lipinski definition) is 0. The molecule has 1 unspecified atom stereocenters. The zero-order chi connectivity index (χ0) is 28.5. The maximum Gasteiger partial charge on any atom is 0.433 e. The molecule has 7 heterocycles. The number of hydrogen-bond acceptors (Lipinski definition) is 2. The number of pyridine rings is 2. The number of rotatable bonds is 0. The Morgan fingerprint density at radius 1 is 0.619 bits per heavy atom. The van der Waals surface area contributed by atoms with Gasteiger partial charge >= 0.3 is 17.4 Å². The summed E-state index contributed by atoms with van der Waals surface area (Å²) in [5.41, 5.74) is 9.91. The van der Waals surface area contributed by atoms with Crippen LogP contribution in [0.4, 0.5) is 0 Å². The molecule has 6 aromatic rings. The van der Waals surface area contributed by atoms with E-state index in [4.69, 9.17) is 9.47 Å². The van der Waals surface area contributed by atoms with Crippen LogP contribution in [0.2, 0.25) is 0 Å². The monoisotopic (exact) mass is 549 g/mol. The van der Waals surface area contributed by atoms with Crippen molar-refractivity contribution in [3.05, 3.63) is 101 Å². The van der Waals surface area contributed by atoms with Crippen molar-refractivity contribution < 1.29 is 18.6 Å².